The lowest BCUT2D eigenvalue weighted by Gasteiger charge is -2.29. The number of nitrogens with one attached hydrogen (secondary N) is 1. The molecule has 1 saturated heterocycles. The molecule has 1 heterocycles. The summed E-state index contributed by atoms with van der Waals surface area (Å²) in [6, 6.07) is 13.6. The van der Waals surface area contributed by atoms with Gasteiger partial charge in [-0.05, 0) is 29.2 Å². The standard InChI is InChI=1S/C25H28N2O7/c1-14(33-2)22(23(29)27-12-15(28)11-21(27)24(30)31)26-25(32)34-13-20-18-9-5-3-7-16(18)17-8-4-6-10-19(17)20/h3-10,14-15,20-22,28H,11-13H2,1-2H3,(H,26,32)(H,30,31)/t14?,15-,21-,22?/m1/s1. The maximum absolute atomic E-state index is 13.1. The van der Waals surface area contributed by atoms with Gasteiger partial charge in [0.05, 0.1) is 12.2 Å². The maximum atomic E-state index is 13.1. The van der Waals surface area contributed by atoms with Gasteiger partial charge < -0.3 is 29.9 Å². The van der Waals surface area contributed by atoms with E-state index in [9.17, 15) is 24.6 Å². The van der Waals surface area contributed by atoms with Crippen molar-refractivity contribution in [1.29, 1.82) is 0 Å². The molecule has 0 bridgehead atoms. The monoisotopic (exact) mass is 468 g/mol. The van der Waals surface area contributed by atoms with Crippen LogP contribution < -0.4 is 5.32 Å². The fourth-order valence-corrected chi connectivity index (χ4v) is 4.75. The van der Waals surface area contributed by atoms with E-state index < -0.39 is 42.3 Å². The number of aliphatic hydroxyl groups excluding tert-OH is 1. The Balaban J connectivity index is 1.46. The zero-order chi connectivity index (χ0) is 24.4. The van der Waals surface area contributed by atoms with Crippen molar-refractivity contribution in [3.63, 3.8) is 0 Å². The molecule has 1 aliphatic heterocycles. The highest BCUT2D eigenvalue weighted by atomic mass is 16.5. The number of benzene rings is 2. The molecular weight excluding hydrogens is 440 g/mol. The number of aliphatic carboxylic acids is 1. The van der Waals surface area contributed by atoms with Crippen molar-refractivity contribution in [1.82, 2.24) is 10.2 Å². The molecule has 0 radical (unpaired) electrons. The van der Waals surface area contributed by atoms with Gasteiger partial charge in [-0.25, -0.2) is 9.59 Å². The van der Waals surface area contributed by atoms with Crippen molar-refractivity contribution in [3.8, 4) is 11.1 Å². The predicted octanol–water partition coefficient (Wildman–Crippen LogP) is 1.97. The Morgan fingerprint density at radius 3 is 2.24 bits per heavy atom. The van der Waals surface area contributed by atoms with Crippen molar-refractivity contribution in [2.45, 2.75) is 43.6 Å². The maximum Gasteiger partial charge on any atom is 0.407 e. The van der Waals surface area contributed by atoms with Crippen molar-refractivity contribution in [2.75, 3.05) is 20.3 Å². The molecule has 0 saturated carbocycles. The van der Waals surface area contributed by atoms with Crippen LogP contribution in [0.25, 0.3) is 11.1 Å². The Labute approximate surface area is 197 Å². The molecule has 0 spiro atoms. The summed E-state index contributed by atoms with van der Waals surface area (Å²) in [4.78, 5) is 38.5. The minimum absolute atomic E-state index is 0.0693. The summed E-state index contributed by atoms with van der Waals surface area (Å²) in [7, 11) is 1.39. The van der Waals surface area contributed by atoms with Gasteiger partial charge in [-0.2, -0.15) is 0 Å². The third-order valence-corrected chi connectivity index (χ3v) is 6.57. The third kappa shape index (κ3) is 4.49. The van der Waals surface area contributed by atoms with E-state index in [1.54, 1.807) is 6.92 Å². The molecule has 34 heavy (non-hydrogen) atoms. The van der Waals surface area contributed by atoms with E-state index in [4.69, 9.17) is 9.47 Å². The van der Waals surface area contributed by atoms with Crippen LogP contribution in [0.4, 0.5) is 4.79 Å². The highest BCUT2D eigenvalue weighted by Gasteiger charge is 2.43. The number of nitrogens with zero attached hydrogens (tertiary/aromatic N) is 1. The Hall–Kier alpha value is -3.43. The van der Waals surface area contributed by atoms with Crippen LogP contribution >= 0.6 is 0 Å². The number of hydrogen-bond acceptors (Lipinski definition) is 6. The van der Waals surface area contributed by atoms with Gasteiger partial charge in [0.2, 0.25) is 5.91 Å². The number of ether oxygens (including phenoxy) is 2. The number of rotatable bonds is 7. The van der Waals surface area contributed by atoms with Crippen LogP contribution in [-0.4, -0.2) is 77.6 Å². The number of alkyl carbamates (subject to hydrolysis) is 1. The summed E-state index contributed by atoms with van der Waals surface area (Å²) >= 11 is 0. The molecule has 2 aromatic rings. The summed E-state index contributed by atoms with van der Waals surface area (Å²) in [5.41, 5.74) is 4.32. The van der Waals surface area contributed by atoms with Gasteiger partial charge in [0.1, 0.15) is 18.7 Å². The minimum atomic E-state index is -1.21. The molecule has 1 aliphatic carbocycles. The van der Waals surface area contributed by atoms with E-state index in [1.807, 2.05) is 48.5 Å². The molecule has 3 N–H and O–H groups in total. The van der Waals surface area contributed by atoms with Crippen LogP contribution in [0.15, 0.2) is 48.5 Å². The van der Waals surface area contributed by atoms with Crippen LogP contribution in [0.2, 0.25) is 0 Å². The van der Waals surface area contributed by atoms with Gasteiger partial charge in [-0.15, -0.1) is 0 Å². The van der Waals surface area contributed by atoms with Gasteiger partial charge in [-0.3, -0.25) is 4.79 Å². The molecule has 2 aliphatic rings. The summed E-state index contributed by atoms with van der Waals surface area (Å²) in [6.07, 6.45) is -2.57. The highest BCUT2D eigenvalue weighted by molar-refractivity contribution is 5.90. The number of β-amino-alcohol motifs (C(OH)–C–C–N with tert-alkyl or cyclic N) is 1. The second kappa shape index (κ2) is 9.82. The van der Waals surface area contributed by atoms with Gasteiger partial charge in [0, 0.05) is 26.0 Å². The highest BCUT2D eigenvalue weighted by Crippen LogP contribution is 2.44. The molecular formula is C25H28N2O7. The zero-order valence-corrected chi connectivity index (χ0v) is 19.0. The van der Waals surface area contributed by atoms with Gasteiger partial charge >= 0.3 is 12.1 Å². The molecule has 2 amide bonds. The molecule has 2 unspecified atom stereocenters. The summed E-state index contributed by atoms with van der Waals surface area (Å²) in [5.74, 6) is -2.00. The first-order valence-electron chi connectivity index (χ1n) is 11.2. The van der Waals surface area contributed by atoms with Crippen molar-refractivity contribution in [3.05, 3.63) is 59.7 Å². The Morgan fingerprint density at radius 2 is 1.68 bits per heavy atom. The molecule has 4 atom stereocenters. The van der Waals surface area contributed by atoms with Crippen LogP contribution in [0, 0.1) is 0 Å². The lowest BCUT2D eigenvalue weighted by molar-refractivity contribution is -0.150. The second-order valence-corrected chi connectivity index (χ2v) is 8.62. The fourth-order valence-electron chi connectivity index (χ4n) is 4.75. The number of likely N-dealkylation sites (tertiary alicyclic amines) is 1. The van der Waals surface area contributed by atoms with Gasteiger partial charge in [0.25, 0.3) is 0 Å². The number of hydrogen-bond donors (Lipinski definition) is 3. The molecule has 4 rings (SSSR count). The summed E-state index contributed by atoms with van der Waals surface area (Å²) in [5, 5.41) is 21.9. The fraction of sp³-hybridized carbons (Fsp3) is 0.400. The van der Waals surface area contributed by atoms with E-state index in [-0.39, 0.29) is 25.5 Å². The lowest BCUT2D eigenvalue weighted by atomic mass is 9.98. The van der Waals surface area contributed by atoms with Crippen LogP contribution in [0.5, 0.6) is 0 Å². The quantitative estimate of drug-likeness (QED) is 0.567. The summed E-state index contributed by atoms with van der Waals surface area (Å²) in [6.45, 7) is 1.53. The topological polar surface area (TPSA) is 125 Å². The first-order valence-corrected chi connectivity index (χ1v) is 11.2. The van der Waals surface area contributed by atoms with Gasteiger partial charge in [-0.1, -0.05) is 48.5 Å². The number of carboxylic acids is 1. The zero-order valence-electron chi connectivity index (χ0n) is 19.0. The lowest BCUT2D eigenvalue weighted by Crippen LogP contribution is -2.56. The van der Waals surface area contributed by atoms with Crippen LogP contribution in [0.3, 0.4) is 0 Å². The molecule has 9 nitrogen and oxygen atoms in total. The first kappa shape index (κ1) is 23.7. The molecule has 180 valence electrons. The molecule has 0 aromatic heterocycles. The van der Waals surface area contributed by atoms with E-state index in [0.717, 1.165) is 27.2 Å². The van der Waals surface area contributed by atoms with Crippen molar-refractivity contribution in [2.24, 2.45) is 0 Å². The average molecular weight is 469 g/mol. The van der Waals surface area contributed by atoms with Gasteiger partial charge in [0.15, 0.2) is 0 Å². The summed E-state index contributed by atoms with van der Waals surface area (Å²) < 4.78 is 10.8. The number of carbonyl (C=O) groups excluding carboxylic acids is 2. The Bertz CT molecular complexity index is 1040. The normalized spacial score (nSPS) is 20.9. The number of carboxylic acid groups (broad SMARTS) is 1. The third-order valence-electron chi connectivity index (χ3n) is 6.57. The van der Waals surface area contributed by atoms with Crippen LogP contribution in [0.1, 0.15) is 30.4 Å². The smallest absolute Gasteiger partial charge is 0.407 e. The minimum Gasteiger partial charge on any atom is -0.480 e. The average Bonchev–Trinajstić information content (AvgIpc) is 3.38. The number of aliphatic hydroxyl groups is 1. The molecule has 1 fully saturated rings. The largest absolute Gasteiger partial charge is 0.480 e. The number of methoxy groups -OCH3 is 1. The molecule has 9 heteroatoms. The van der Waals surface area contributed by atoms with E-state index in [0.29, 0.717) is 0 Å². The van der Waals surface area contributed by atoms with E-state index >= 15 is 0 Å². The first-order chi connectivity index (χ1) is 16.3. The Kier molecular flexibility index (Phi) is 6.85. The van der Waals surface area contributed by atoms with Crippen molar-refractivity contribution >= 4 is 18.0 Å². The number of fused-ring (bicyclic) bond motifs is 3. The predicted molar refractivity (Wildman–Crippen MR) is 122 cm³/mol. The van der Waals surface area contributed by atoms with Crippen LogP contribution in [-0.2, 0) is 19.1 Å². The number of carbonyl (C=O) groups is 3. The van der Waals surface area contributed by atoms with Crippen molar-refractivity contribution < 1.29 is 34.1 Å². The second-order valence-electron chi connectivity index (χ2n) is 8.62. The van der Waals surface area contributed by atoms with E-state index in [1.165, 1.54) is 7.11 Å². The molecule has 2 aromatic carbocycles. The van der Waals surface area contributed by atoms with E-state index in [2.05, 4.69) is 5.32 Å². The Morgan fingerprint density at radius 1 is 1.09 bits per heavy atom. The number of amides is 2. The SMILES string of the molecule is COC(C)C(NC(=O)OCC1c2ccccc2-c2ccccc21)C(=O)N1C[C@H](O)C[C@@H]1C(=O)O.